The van der Waals surface area contributed by atoms with Gasteiger partial charge in [-0.2, -0.15) is 0 Å². The number of aromatic nitrogens is 2. The van der Waals surface area contributed by atoms with Crippen molar-refractivity contribution in [1.82, 2.24) is 9.97 Å². The molecule has 1 saturated heterocycles. The minimum Gasteiger partial charge on any atom is -0.381 e. The third kappa shape index (κ3) is 3.07. The Hall–Kier alpha value is -0.430. The molecule has 1 aliphatic heterocycles. The number of H-pyrrole nitrogens is 1. The second-order valence-electron chi connectivity index (χ2n) is 4.38. The molecule has 94 valence electrons. The van der Waals surface area contributed by atoms with Gasteiger partial charge in [0.2, 0.25) is 0 Å². The highest BCUT2D eigenvalue weighted by Gasteiger charge is 2.20. The lowest BCUT2D eigenvalue weighted by Gasteiger charge is -2.21. The zero-order valence-electron chi connectivity index (χ0n) is 9.96. The van der Waals surface area contributed by atoms with E-state index in [0.29, 0.717) is 6.61 Å². The highest BCUT2D eigenvalue weighted by molar-refractivity contribution is 14.1. The Kier molecular flexibility index (Phi) is 4.55. The third-order valence-corrected chi connectivity index (χ3v) is 4.10. The van der Waals surface area contributed by atoms with Crippen LogP contribution in [0.5, 0.6) is 0 Å². The molecule has 1 unspecified atom stereocenters. The van der Waals surface area contributed by atoms with Crippen LogP contribution in [0.3, 0.4) is 0 Å². The molecule has 2 heterocycles. The fraction of sp³-hybridized carbons (Fsp3) is 0.667. The molecule has 0 saturated carbocycles. The minimum atomic E-state index is -0.00961. The Morgan fingerprint density at radius 1 is 1.59 bits per heavy atom. The van der Waals surface area contributed by atoms with E-state index in [4.69, 9.17) is 4.74 Å². The number of ether oxygens (including phenoxy) is 1. The molecule has 1 aliphatic rings. The molecule has 1 aromatic rings. The smallest absolute Gasteiger partial charge is 0.264 e. The van der Waals surface area contributed by atoms with Crippen LogP contribution < -0.4 is 5.56 Å². The second-order valence-corrected chi connectivity index (χ2v) is 5.45. The fourth-order valence-corrected chi connectivity index (χ4v) is 2.60. The average Bonchev–Trinajstić information content (AvgIpc) is 2.36. The molecule has 1 fully saturated rings. The van der Waals surface area contributed by atoms with Crippen molar-refractivity contribution in [2.75, 3.05) is 13.2 Å². The van der Waals surface area contributed by atoms with Crippen molar-refractivity contribution in [2.24, 2.45) is 0 Å². The molecule has 4 nitrogen and oxygen atoms in total. The van der Waals surface area contributed by atoms with E-state index in [2.05, 4.69) is 39.5 Å². The van der Waals surface area contributed by atoms with E-state index in [1.54, 1.807) is 0 Å². The highest BCUT2D eigenvalue weighted by atomic mass is 127. The maximum Gasteiger partial charge on any atom is 0.264 e. The predicted molar refractivity (Wildman–Crippen MR) is 74.4 cm³/mol. The Labute approximate surface area is 114 Å². The van der Waals surface area contributed by atoms with Crippen LogP contribution in [0.1, 0.15) is 43.6 Å². The Morgan fingerprint density at radius 3 is 3.06 bits per heavy atom. The van der Waals surface area contributed by atoms with Crippen LogP contribution in [-0.2, 0) is 11.2 Å². The van der Waals surface area contributed by atoms with Gasteiger partial charge < -0.3 is 9.72 Å². The first kappa shape index (κ1) is 13.0. The summed E-state index contributed by atoms with van der Waals surface area (Å²) in [4.78, 5) is 19.3. The fourth-order valence-electron chi connectivity index (χ4n) is 2.08. The Balaban J connectivity index is 2.30. The summed E-state index contributed by atoms with van der Waals surface area (Å²) in [5.41, 5.74) is 0.919. The number of aryl methyl sites for hydroxylation is 1. The van der Waals surface area contributed by atoms with Crippen LogP contribution in [0.25, 0.3) is 0 Å². The molecular formula is C12H17IN2O2. The van der Waals surface area contributed by atoms with E-state index >= 15 is 0 Å². The molecule has 0 amide bonds. The van der Waals surface area contributed by atoms with Gasteiger partial charge in [-0.1, -0.05) is 13.3 Å². The van der Waals surface area contributed by atoms with Gasteiger partial charge in [0.25, 0.3) is 5.56 Å². The van der Waals surface area contributed by atoms with Crippen LogP contribution in [0, 0.1) is 3.57 Å². The van der Waals surface area contributed by atoms with Crippen LogP contribution >= 0.6 is 22.6 Å². The normalized spacial score (nSPS) is 20.5. The van der Waals surface area contributed by atoms with Gasteiger partial charge in [0, 0.05) is 12.5 Å². The first-order chi connectivity index (χ1) is 8.22. The molecule has 1 N–H and O–H groups in total. The van der Waals surface area contributed by atoms with Gasteiger partial charge in [-0.15, -0.1) is 0 Å². The number of halogens is 1. The summed E-state index contributed by atoms with van der Waals surface area (Å²) in [6.45, 7) is 3.60. The number of nitrogens with zero attached hydrogens (tertiary/aromatic N) is 1. The average molecular weight is 348 g/mol. The van der Waals surface area contributed by atoms with Gasteiger partial charge in [-0.25, -0.2) is 4.98 Å². The van der Waals surface area contributed by atoms with Gasteiger partial charge in [0.15, 0.2) is 0 Å². The molecular weight excluding hydrogens is 331 g/mol. The molecule has 0 aliphatic carbocycles. The van der Waals surface area contributed by atoms with Crippen LogP contribution in [0.4, 0.5) is 0 Å². The standard InChI is InChI=1S/C12H17IN2O2/c1-2-4-9-10(13)12(16)15-11(14-9)8-5-3-6-17-7-8/h8H,2-7H2,1H3,(H,14,15,16). The molecule has 0 radical (unpaired) electrons. The molecule has 0 aromatic carbocycles. The lowest BCUT2D eigenvalue weighted by Crippen LogP contribution is -2.24. The van der Waals surface area contributed by atoms with E-state index in [1.165, 1.54) is 0 Å². The van der Waals surface area contributed by atoms with Crippen LogP contribution in [-0.4, -0.2) is 23.2 Å². The molecule has 17 heavy (non-hydrogen) atoms. The van der Waals surface area contributed by atoms with Gasteiger partial charge in [0.05, 0.1) is 15.9 Å². The molecule has 2 rings (SSSR count). The van der Waals surface area contributed by atoms with Crippen molar-refractivity contribution in [1.29, 1.82) is 0 Å². The maximum atomic E-state index is 11.8. The van der Waals surface area contributed by atoms with Crippen molar-refractivity contribution >= 4 is 22.6 Å². The van der Waals surface area contributed by atoms with Gasteiger partial charge in [0.1, 0.15) is 5.82 Å². The molecule has 5 heteroatoms. The van der Waals surface area contributed by atoms with Gasteiger partial charge >= 0.3 is 0 Å². The van der Waals surface area contributed by atoms with Crippen molar-refractivity contribution in [2.45, 2.75) is 38.5 Å². The van der Waals surface area contributed by atoms with Crippen molar-refractivity contribution in [3.8, 4) is 0 Å². The zero-order chi connectivity index (χ0) is 12.3. The largest absolute Gasteiger partial charge is 0.381 e. The topological polar surface area (TPSA) is 55.0 Å². The number of hydrogen-bond acceptors (Lipinski definition) is 3. The number of rotatable bonds is 3. The summed E-state index contributed by atoms with van der Waals surface area (Å²) in [7, 11) is 0. The Morgan fingerprint density at radius 2 is 2.41 bits per heavy atom. The number of nitrogens with one attached hydrogen (secondary N) is 1. The van der Waals surface area contributed by atoms with Gasteiger partial charge in [-0.05, 0) is 41.9 Å². The summed E-state index contributed by atoms with van der Waals surface area (Å²) in [6.07, 6.45) is 3.97. The summed E-state index contributed by atoms with van der Waals surface area (Å²) < 4.78 is 6.17. The van der Waals surface area contributed by atoms with Crippen LogP contribution in [0.15, 0.2) is 4.79 Å². The first-order valence-electron chi connectivity index (χ1n) is 6.08. The van der Waals surface area contributed by atoms with Crippen molar-refractivity contribution in [3.05, 3.63) is 25.4 Å². The molecule has 1 aromatic heterocycles. The van der Waals surface area contributed by atoms with E-state index in [-0.39, 0.29) is 11.5 Å². The van der Waals surface area contributed by atoms with Crippen LogP contribution in [0.2, 0.25) is 0 Å². The van der Waals surface area contributed by atoms with Crippen molar-refractivity contribution in [3.63, 3.8) is 0 Å². The zero-order valence-corrected chi connectivity index (χ0v) is 12.1. The summed E-state index contributed by atoms with van der Waals surface area (Å²) in [5, 5.41) is 0. The highest BCUT2D eigenvalue weighted by Crippen LogP contribution is 2.22. The molecule has 0 spiro atoms. The lowest BCUT2D eigenvalue weighted by atomic mass is 10.0. The molecule has 0 bridgehead atoms. The number of hydrogen-bond donors (Lipinski definition) is 1. The van der Waals surface area contributed by atoms with Crippen molar-refractivity contribution < 1.29 is 4.74 Å². The third-order valence-electron chi connectivity index (χ3n) is 2.98. The summed E-state index contributed by atoms with van der Waals surface area (Å²) in [6, 6.07) is 0. The lowest BCUT2D eigenvalue weighted by molar-refractivity contribution is 0.0779. The second kappa shape index (κ2) is 5.95. The van der Waals surface area contributed by atoms with E-state index in [1.807, 2.05) is 0 Å². The first-order valence-corrected chi connectivity index (χ1v) is 7.16. The molecule has 1 atom stereocenters. The monoisotopic (exact) mass is 348 g/mol. The van der Waals surface area contributed by atoms with E-state index in [9.17, 15) is 4.79 Å². The van der Waals surface area contributed by atoms with E-state index in [0.717, 1.165) is 47.4 Å². The SMILES string of the molecule is CCCc1nc(C2CCCOC2)[nH]c(=O)c1I. The maximum absolute atomic E-state index is 11.8. The predicted octanol–water partition coefficient (Wildman–Crippen LogP) is 2.22. The summed E-state index contributed by atoms with van der Waals surface area (Å²) >= 11 is 2.08. The van der Waals surface area contributed by atoms with E-state index < -0.39 is 0 Å². The minimum absolute atomic E-state index is 0.00961. The summed E-state index contributed by atoms with van der Waals surface area (Å²) in [5.74, 6) is 1.06. The number of aromatic amines is 1. The Bertz CT molecular complexity index is 439. The quantitative estimate of drug-likeness (QED) is 0.853. The van der Waals surface area contributed by atoms with Gasteiger partial charge in [-0.3, -0.25) is 4.79 Å².